The Morgan fingerprint density at radius 3 is 2.29 bits per heavy atom. The maximum absolute atomic E-state index is 11.6. The van der Waals surface area contributed by atoms with Crippen LogP contribution in [0.25, 0.3) is 0 Å². The van der Waals surface area contributed by atoms with Gasteiger partial charge in [-0.25, -0.2) is 4.79 Å². The minimum Gasteiger partial charge on any atom is -0.462 e. The van der Waals surface area contributed by atoms with Gasteiger partial charge in [-0.3, -0.25) is 9.59 Å². The van der Waals surface area contributed by atoms with E-state index in [4.69, 9.17) is 4.74 Å². The molecule has 1 aromatic carbocycles. The number of carbonyl (C=O) groups is 3. The Morgan fingerprint density at radius 1 is 1.05 bits per heavy atom. The molecule has 0 saturated heterocycles. The molecule has 0 spiro atoms. The lowest BCUT2D eigenvalue weighted by Crippen LogP contribution is -2.35. The molecular weight excluding hydrogens is 272 g/mol. The minimum atomic E-state index is -0.727. The van der Waals surface area contributed by atoms with Crippen LogP contribution in [0, 0.1) is 0 Å². The van der Waals surface area contributed by atoms with E-state index in [0.29, 0.717) is 24.4 Å². The van der Waals surface area contributed by atoms with Crippen molar-refractivity contribution in [2.45, 2.75) is 26.7 Å². The highest BCUT2D eigenvalue weighted by Crippen LogP contribution is 2.10. The van der Waals surface area contributed by atoms with Crippen LogP contribution in [-0.2, 0) is 14.3 Å². The summed E-state index contributed by atoms with van der Waals surface area (Å²) in [5, 5.41) is 4.99. The zero-order chi connectivity index (χ0) is 15.7. The van der Waals surface area contributed by atoms with Crippen molar-refractivity contribution in [3.8, 4) is 0 Å². The molecule has 0 aromatic heterocycles. The van der Waals surface area contributed by atoms with Crippen molar-refractivity contribution < 1.29 is 19.1 Å². The average molecular weight is 292 g/mol. The summed E-state index contributed by atoms with van der Waals surface area (Å²) in [7, 11) is 0. The van der Waals surface area contributed by atoms with Crippen LogP contribution in [0.4, 0.5) is 5.69 Å². The van der Waals surface area contributed by atoms with Crippen molar-refractivity contribution >= 4 is 23.5 Å². The molecule has 2 amide bonds. The van der Waals surface area contributed by atoms with Gasteiger partial charge in [0.05, 0.1) is 12.2 Å². The SMILES string of the molecule is CCCCNC(=O)C(=O)Nc1ccc(C(=O)OCC)cc1. The Bertz CT molecular complexity index is 497. The van der Waals surface area contributed by atoms with Crippen LogP contribution in [0.1, 0.15) is 37.0 Å². The Kier molecular flexibility index (Phi) is 6.94. The van der Waals surface area contributed by atoms with Gasteiger partial charge in [0.1, 0.15) is 0 Å². The first-order valence-corrected chi connectivity index (χ1v) is 6.94. The monoisotopic (exact) mass is 292 g/mol. The third-order valence-corrected chi connectivity index (χ3v) is 2.68. The van der Waals surface area contributed by atoms with Crippen LogP contribution in [-0.4, -0.2) is 30.9 Å². The van der Waals surface area contributed by atoms with Crippen molar-refractivity contribution in [3.05, 3.63) is 29.8 Å². The smallest absolute Gasteiger partial charge is 0.338 e. The predicted molar refractivity (Wildman–Crippen MR) is 78.9 cm³/mol. The number of anilines is 1. The molecule has 0 aliphatic heterocycles. The van der Waals surface area contributed by atoms with Crippen LogP contribution in [0.3, 0.4) is 0 Å². The van der Waals surface area contributed by atoms with Gasteiger partial charge in [-0.2, -0.15) is 0 Å². The van der Waals surface area contributed by atoms with Crippen molar-refractivity contribution in [1.82, 2.24) is 5.32 Å². The van der Waals surface area contributed by atoms with Gasteiger partial charge in [-0.15, -0.1) is 0 Å². The molecule has 1 rings (SSSR count). The van der Waals surface area contributed by atoms with Crippen molar-refractivity contribution in [3.63, 3.8) is 0 Å². The van der Waals surface area contributed by atoms with Crippen molar-refractivity contribution in [1.29, 1.82) is 0 Å². The van der Waals surface area contributed by atoms with Crippen LogP contribution >= 0.6 is 0 Å². The summed E-state index contributed by atoms with van der Waals surface area (Å²) in [6, 6.07) is 6.15. The molecule has 2 N–H and O–H groups in total. The van der Waals surface area contributed by atoms with Gasteiger partial charge in [0.2, 0.25) is 0 Å². The molecule has 21 heavy (non-hydrogen) atoms. The summed E-state index contributed by atoms with van der Waals surface area (Å²) < 4.78 is 4.85. The van der Waals surface area contributed by atoms with E-state index >= 15 is 0 Å². The highest BCUT2D eigenvalue weighted by molar-refractivity contribution is 6.39. The van der Waals surface area contributed by atoms with Gasteiger partial charge in [0.15, 0.2) is 0 Å². The van der Waals surface area contributed by atoms with Gasteiger partial charge in [-0.05, 0) is 37.6 Å². The third-order valence-electron chi connectivity index (χ3n) is 2.68. The lowest BCUT2D eigenvalue weighted by Gasteiger charge is -2.07. The average Bonchev–Trinajstić information content (AvgIpc) is 2.48. The molecule has 114 valence electrons. The highest BCUT2D eigenvalue weighted by Gasteiger charge is 2.13. The quantitative estimate of drug-likeness (QED) is 0.475. The minimum absolute atomic E-state index is 0.301. The maximum atomic E-state index is 11.6. The molecule has 1 aromatic rings. The molecular formula is C15H20N2O4. The van der Waals surface area contributed by atoms with Gasteiger partial charge in [0, 0.05) is 12.2 Å². The normalized spacial score (nSPS) is 9.81. The van der Waals surface area contributed by atoms with E-state index in [1.807, 2.05) is 6.92 Å². The summed E-state index contributed by atoms with van der Waals surface area (Å²) in [6.07, 6.45) is 1.77. The molecule has 0 fully saturated rings. The standard InChI is InChI=1S/C15H20N2O4/c1-3-5-10-16-13(18)14(19)17-12-8-6-11(7-9-12)15(20)21-4-2/h6-9H,3-5,10H2,1-2H3,(H,16,18)(H,17,19). The predicted octanol–water partition coefficient (Wildman–Crippen LogP) is 1.72. The fourth-order valence-corrected chi connectivity index (χ4v) is 1.55. The molecule has 0 heterocycles. The van der Waals surface area contributed by atoms with Crippen LogP contribution in [0.15, 0.2) is 24.3 Å². The summed E-state index contributed by atoms with van der Waals surface area (Å²) in [6.45, 7) is 4.50. The van der Waals surface area contributed by atoms with E-state index in [2.05, 4.69) is 10.6 Å². The Hall–Kier alpha value is -2.37. The molecule has 0 unspecified atom stereocenters. The fourth-order valence-electron chi connectivity index (χ4n) is 1.55. The number of hydrogen-bond donors (Lipinski definition) is 2. The van der Waals surface area contributed by atoms with Crippen molar-refractivity contribution in [2.75, 3.05) is 18.5 Å². The van der Waals surface area contributed by atoms with Crippen LogP contribution < -0.4 is 10.6 Å². The molecule has 6 nitrogen and oxygen atoms in total. The van der Waals surface area contributed by atoms with Gasteiger partial charge in [0.25, 0.3) is 0 Å². The second kappa shape index (κ2) is 8.73. The lowest BCUT2D eigenvalue weighted by molar-refractivity contribution is -0.136. The van der Waals surface area contributed by atoms with Crippen LogP contribution in [0.5, 0.6) is 0 Å². The number of ether oxygens (including phenoxy) is 1. The Morgan fingerprint density at radius 2 is 1.71 bits per heavy atom. The van der Waals surface area contributed by atoms with Gasteiger partial charge in [-0.1, -0.05) is 13.3 Å². The number of nitrogens with one attached hydrogen (secondary N) is 2. The van der Waals surface area contributed by atoms with E-state index in [-0.39, 0.29) is 0 Å². The van der Waals surface area contributed by atoms with Crippen LogP contribution in [0.2, 0.25) is 0 Å². The first kappa shape index (κ1) is 16.7. The summed E-state index contributed by atoms with van der Waals surface area (Å²) in [5.41, 5.74) is 0.834. The lowest BCUT2D eigenvalue weighted by atomic mass is 10.2. The summed E-state index contributed by atoms with van der Waals surface area (Å²) in [4.78, 5) is 34.6. The van der Waals surface area contributed by atoms with Gasteiger partial charge < -0.3 is 15.4 Å². The molecule has 0 aliphatic rings. The van der Waals surface area contributed by atoms with Gasteiger partial charge >= 0.3 is 17.8 Å². The topological polar surface area (TPSA) is 84.5 Å². The van der Waals surface area contributed by atoms with Crippen molar-refractivity contribution in [2.24, 2.45) is 0 Å². The second-order valence-corrected chi connectivity index (χ2v) is 4.36. The van der Waals surface area contributed by atoms with E-state index in [1.54, 1.807) is 19.1 Å². The summed E-state index contributed by atoms with van der Waals surface area (Å²) in [5.74, 6) is -1.82. The molecule has 6 heteroatoms. The zero-order valence-electron chi connectivity index (χ0n) is 12.3. The number of hydrogen-bond acceptors (Lipinski definition) is 4. The summed E-state index contributed by atoms with van der Waals surface area (Å²) >= 11 is 0. The van der Waals surface area contributed by atoms with E-state index < -0.39 is 17.8 Å². The first-order valence-electron chi connectivity index (χ1n) is 6.94. The second-order valence-electron chi connectivity index (χ2n) is 4.36. The number of carbonyl (C=O) groups excluding carboxylic acids is 3. The number of esters is 1. The Balaban J connectivity index is 2.53. The van der Waals surface area contributed by atoms with E-state index in [0.717, 1.165) is 12.8 Å². The largest absolute Gasteiger partial charge is 0.462 e. The number of amides is 2. The molecule has 0 bridgehead atoms. The zero-order valence-corrected chi connectivity index (χ0v) is 12.3. The highest BCUT2D eigenvalue weighted by atomic mass is 16.5. The maximum Gasteiger partial charge on any atom is 0.338 e. The molecule has 0 aliphatic carbocycles. The van der Waals surface area contributed by atoms with E-state index in [1.165, 1.54) is 12.1 Å². The molecule has 0 atom stereocenters. The first-order chi connectivity index (χ1) is 10.1. The number of benzene rings is 1. The Labute approximate surface area is 123 Å². The number of unbranched alkanes of at least 4 members (excludes halogenated alkanes) is 1. The molecule has 0 saturated carbocycles. The molecule has 0 radical (unpaired) electrons. The fraction of sp³-hybridized carbons (Fsp3) is 0.400. The van der Waals surface area contributed by atoms with E-state index in [9.17, 15) is 14.4 Å². The third kappa shape index (κ3) is 5.64. The number of rotatable bonds is 6.